The molecule has 9 nitrogen and oxygen atoms in total. The van der Waals surface area contributed by atoms with Gasteiger partial charge < -0.3 is 24.4 Å². The fourth-order valence-corrected chi connectivity index (χ4v) is 3.71. The molecule has 30 heavy (non-hydrogen) atoms. The summed E-state index contributed by atoms with van der Waals surface area (Å²) in [7, 11) is -4.90. The lowest BCUT2D eigenvalue weighted by atomic mass is 9.98. The lowest BCUT2D eigenvalue weighted by Crippen LogP contribution is -2.61. The van der Waals surface area contributed by atoms with Gasteiger partial charge >= 0.3 is 10.4 Å². The van der Waals surface area contributed by atoms with E-state index in [4.69, 9.17) is 18.4 Å². The van der Waals surface area contributed by atoms with Crippen molar-refractivity contribution in [2.75, 3.05) is 6.61 Å². The van der Waals surface area contributed by atoms with E-state index in [0.29, 0.717) is 0 Å². The fraction of sp³-hybridized carbons (Fsp3) is 0.400. The molecule has 0 unspecified atom stereocenters. The van der Waals surface area contributed by atoms with Crippen LogP contribution in [-0.2, 0) is 42.0 Å². The Morgan fingerprint density at radius 1 is 0.833 bits per heavy atom. The van der Waals surface area contributed by atoms with Gasteiger partial charge in [-0.25, -0.2) is 4.18 Å². The van der Waals surface area contributed by atoms with E-state index in [1.807, 2.05) is 48.5 Å². The van der Waals surface area contributed by atoms with Crippen LogP contribution in [0.15, 0.2) is 60.7 Å². The van der Waals surface area contributed by atoms with E-state index in [-0.39, 0.29) is 13.2 Å². The highest BCUT2D eigenvalue weighted by molar-refractivity contribution is 7.80. The SMILES string of the molecule is O=S(=O)(O)O[C@@H]1[C@H](OCc2ccccc2)[C@@H](OCc2ccccc2)[C@H](O)O[C@@H]1CO. The summed E-state index contributed by atoms with van der Waals surface area (Å²) in [6.07, 6.45) is -6.55. The summed E-state index contributed by atoms with van der Waals surface area (Å²) >= 11 is 0. The molecule has 0 aromatic heterocycles. The van der Waals surface area contributed by atoms with Crippen LogP contribution in [-0.4, -0.2) is 60.5 Å². The van der Waals surface area contributed by atoms with Gasteiger partial charge in [0.15, 0.2) is 6.29 Å². The van der Waals surface area contributed by atoms with E-state index >= 15 is 0 Å². The molecule has 0 aliphatic carbocycles. The maximum atomic E-state index is 11.4. The first kappa shape index (κ1) is 22.8. The number of aliphatic hydroxyl groups excluding tert-OH is 2. The minimum atomic E-state index is -4.90. The molecule has 164 valence electrons. The molecule has 0 spiro atoms. The Morgan fingerprint density at radius 3 is 1.80 bits per heavy atom. The van der Waals surface area contributed by atoms with E-state index < -0.39 is 47.7 Å². The highest BCUT2D eigenvalue weighted by Crippen LogP contribution is 2.29. The molecular weight excluding hydrogens is 416 g/mol. The number of ether oxygens (including phenoxy) is 3. The van der Waals surface area contributed by atoms with Gasteiger partial charge in [0, 0.05) is 0 Å². The Balaban J connectivity index is 1.83. The van der Waals surface area contributed by atoms with Crippen LogP contribution in [0.2, 0.25) is 0 Å². The van der Waals surface area contributed by atoms with Crippen molar-refractivity contribution in [3.63, 3.8) is 0 Å². The van der Waals surface area contributed by atoms with E-state index in [1.54, 1.807) is 12.1 Å². The van der Waals surface area contributed by atoms with Crippen LogP contribution in [0, 0.1) is 0 Å². The Bertz CT molecular complexity index is 876. The molecule has 10 heteroatoms. The number of rotatable bonds is 9. The summed E-state index contributed by atoms with van der Waals surface area (Å²) in [5.41, 5.74) is 1.59. The summed E-state index contributed by atoms with van der Waals surface area (Å²) in [6, 6.07) is 18.2. The third kappa shape index (κ3) is 6.30. The van der Waals surface area contributed by atoms with Gasteiger partial charge in [0.05, 0.1) is 19.8 Å². The van der Waals surface area contributed by atoms with Gasteiger partial charge in [0.2, 0.25) is 0 Å². The summed E-state index contributed by atoms with van der Waals surface area (Å²) < 4.78 is 53.6. The third-order valence-corrected chi connectivity index (χ3v) is 5.06. The van der Waals surface area contributed by atoms with Gasteiger partial charge in [-0.1, -0.05) is 60.7 Å². The second kappa shape index (κ2) is 10.4. The van der Waals surface area contributed by atoms with Crippen molar-refractivity contribution in [2.24, 2.45) is 0 Å². The number of hydrogen-bond acceptors (Lipinski definition) is 8. The van der Waals surface area contributed by atoms with Crippen LogP contribution in [0.3, 0.4) is 0 Å². The quantitative estimate of drug-likeness (QED) is 0.490. The second-order valence-electron chi connectivity index (χ2n) is 6.76. The van der Waals surface area contributed by atoms with Crippen LogP contribution >= 0.6 is 0 Å². The van der Waals surface area contributed by atoms with Crippen molar-refractivity contribution in [3.8, 4) is 0 Å². The molecule has 0 radical (unpaired) electrons. The van der Waals surface area contributed by atoms with Crippen LogP contribution < -0.4 is 0 Å². The maximum absolute atomic E-state index is 11.4. The second-order valence-corrected chi connectivity index (χ2v) is 7.81. The van der Waals surface area contributed by atoms with Gasteiger partial charge in [-0.2, -0.15) is 8.42 Å². The smallest absolute Gasteiger partial charge is 0.394 e. The molecule has 3 rings (SSSR count). The minimum absolute atomic E-state index is 0.0485. The average Bonchev–Trinajstić information content (AvgIpc) is 2.73. The summed E-state index contributed by atoms with van der Waals surface area (Å²) in [4.78, 5) is 0. The highest BCUT2D eigenvalue weighted by Gasteiger charge is 2.49. The molecular formula is C20H24O9S. The van der Waals surface area contributed by atoms with Gasteiger partial charge in [-0.05, 0) is 11.1 Å². The van der Waals surface area contributed by atoms with Crippen molar-refractivity contribution in [3.05, 3.63) is 71.8 Å². The van der Waals surface area contributed by atoms with Crippen LogP contribution in [0.25, 0.3) is 0 Å². The van der Waals surface area contributed by atoms with Crippen LogP contribution in [0.1, 0.15) is 11.1 Å². The Kier molecular flexibility index (Phi) is 7.92. The van der Waals surface area contributed by atoms with E-state index in [2.05, 4.69) is 0 Å². The maximum Gasteiger partial charge on any atom is 0.397 e. The monoisotopic (exact) mass is 440 g/mol. The first-order valence-electron chi connectivity index (χ1n) is 9.28. The predicted octanol–water partition coefficient (Wildman–Crippen LogP) is 1.05. The van der Waals surface area contributed by atoms with E-state index in [0.717, 1.165) is 11.1 Å². The number of benzene rings is 2. The van der Waals surface area contributed by atoms with E-state index in [1.165, 1.54) is 0 Å². The van der Waals surface area contributed by atoms with Crippen molar-refractivity contribution in [1.82, 2.24) is 0 Å². The first-order chi connectivity index (χ1) is 14.4. The zero-order chi connectivity index (χ0) is 21.6. The zero-order valence-electron chi connectivity index (χ0n) is 16.0. The molecule has 1 aliphatic heterocycles. The molecule has 0 amide bonds. The topological polar surface area (TPSA) is 132 Å². The first-order valence-corrected chi connectivity index (χ1v) is 10.6. The normalized spacial score (nSPS) is 27.1. The molecule has 1 fully saturated rings. The summed E-state index contributed by atoms with van der Waals surface area (Å²) in [5, 5.41) is 20.0. The molecule has 2 aromatic carbocycles. The Labute approximate surface area is 174 Å². The van der Waals surface area contributed by atoms with Crippen LogP contribution in [0.4, 0.5) is 0 Å². The van der Waals surface area contributed by atoms with Gasteiger partial charge in [-0.3, -0.25) is 4.55 Å². The molecule has 1 heterocycles. The van der Waals surface area contributed by atoms with E-state index in [9.17, 15) is 23.2 Å². The molecule has 5 atom stereocenters. The largest absolute Gasteiger partial charge is 0.397 e. The molecule has 3 N–H and O–H groups in total. The van der Waals surface area contributed by atoms with Gasteiger partial charge in [0.1, 0.15) is 24.4 Å². The number of aliphatic hydroxyl groups is 2. The van der Waals surface area contributed by atoms with Crippen molar-refractivity contribution in [1.29, 1.82) is 0 Å². The average molecular weight is 440 g/mol. The molecule has 0 saturated carbocycles. The fourth-order valence-electron chi connectivity index (χ4n) is 3.20. The Morgan fingerprint density at radius 2 is 1.33 bits per heavy atom. The predicted molar refractivity (Wildman–Crippen MR) is 104 cm³/mol. The van der Waals surface area contributed by atoms with Gasteiger partial charge in [-0.15, -0.1) is 0 Å². The minimum Gasteiger partial charge on any atom is -0.394 e. The highest BCUT2D eigenvalue weighted by atomic mass is 32.3. The van der Waals surface area contributed by atoms with Crippen molar-refractivity contribution < 1.29 is 41.6 Å². The third-order valence-electron chi connectivity index (χ3n) is 4.59. The van der Waals surface area contributed by atoms with Crippen molar-refractivity contribution >= 4 is 10.4 Å². The molecule has 2 aromatic rings. The summed E-state index contributed by atoms with van der Waals surface area (Å²) in [6.45, 7) is -0.541. The molecule has 1 aliphatic rings. The lowest BCUT2D eigenvalue weighted by molar-refractivity contribution is -0.303. The molecule has 0 bridgehead atoms. The van der Waals surface area contributed by atoms with Crippen molar-refractivity contribution in [2.45, 2.75) is 43.9 Å². The zero-order valence-corrected chi connectivity index (χ0v) is 16.8. The summed E-state index contributed by atoms with van der Waals surface area (Å²) in [5.74, 6) is 0. The van der Waals surface area contributed by atoms with Gasteiger partial charge in [0.25, 0.3) is 0 Å². The number of hydrogen-bond donors (Lipinski definition) is 3. The molecule has 1 saturated heterocycles. The van der Waals surface area contributed by atoms with Crippen LogP contribution in [0.5, 0.6) is 0 Å². The Hall–Kier alpha value is -1.89. The lowest BCUT2D eigenvalue weighted by Gasteiger charge is -2.43. The standard InChI is InChI=1S/C20H24O9S/c21-11-16-17(29-30(23,24)25)18(26-12-14-7-3-1-4-8-14)19(20(22)28-16)27-13-15-9-5-2-6-10-15/h1-10,16-22H,11-13H2,(H,23,24,25)/t16-,17+,18+,19-,20-/m1/s1.